The number of fused-ring (bicyclic) bond motifs is 1. The maximum atomic E-state index is 5.70. The highest BCUT2D eigenvalue weighted by atomic mass is 32.2. The Morgan fingerprint density at radius 3 is 3.00 bits per heavy atom. The van der Waals surface area contributed by atoms with Crippen molar-refractivity contribution < 1.29 is 14.2 Å². The van der Waals surface area contributed by atoms with Crippen LogP contribution >= 0.6 is 11.8 Å². The molecule has 0 bridgehead atoms. The average molecular weight is 325 g/mol. The molecule has 22 heavy (non-hydrogen) atoms. The molecule has 1 aromatic rings. The molecule has 0 aliphatic carbocycles. The Morgan fingerprint density at radius 1 is 1.32 bits per heavy atom. The van der Waals surface area contributed by atoms with Crippen molar-refractivity contribution in [1.82, 2.24) is 10.6 Å². The van der Waals surface area contributed by atoms with E-state index >= 15 is 0 Å². The van der Waals surface area contributed by atoms with E-state index in [4.69, 9.17) is 14.2 Å². The van der Waals surface area contributed by atoms with Gasteiger partial charge in [-0.1, -0.05) is 0 Å². The summed E-state index contributed by atoms with van der Waals surface area (Å²) in [5.41, 5.74) is 0. The molecule has 2 N–H and O–H groups in total. The third kappa shape index (κ3) is 5.22. The molecule has 0 amide bonds. The highest BCUT2D eigenvalue weighted by Crippen LogP contribution is 2.34. The quantitative estimate of drug-likeness (QED) is 0.431. The van der Waals surface area contributed by atoms with E-state index in [1.54, 1.807) is 11.8 Å². The molecule has 6 nitrogen and oxygen atoms in total. The van der Waals surface area contributed by atoms with Gasteiger partial charge < -0.3 is 24.8 Å². The molecule has 7 heteroatoms. The Balaban J connectivity index is 1.72. The Hall–Kier alpha value is -1.76. The van der Waals surface area contributed by atoms with Gasteiger partial charge in [0.1, 0.15) is 12.4 Å². The van der Waals surface area contributed by atoms with Crippen LogP contribution < -0.4 is 24.8 Å². The highest BCUT2D eigenvalue weighted by molar-refractivity contribution is 7.98. The molecule has 1 aliphatic heterocycles. The van der Waals surface area contributed by atoms with E-state index in [1.165, 1.54) is 0 Å². The third-order valence-corrected chi connectivity index (χ3v) is 3.51. The van der Waals surface area contributed by atoms with Crippen LogP contribution in [0.2, 0.25) is 0 Å². The van der Waals surface area contributed by atoms with Crippen LogP contribution in [0.4, 0.5) is 0 Å². The molecule has 2 rings (SSSR count). The zero-order valence-electron chi connectivity index (χ0n) is 13.1. The number of thioether (sulfide) groups is 1. The van der Waals surface area contributed by atoms with E-state index in [0.29, 0.717) is 13.2 Å². The lowest BCUT2D eigenvalue weighted by molar-refractivity contribution is 0.173. The van der Waals surface area contributed by atoms with Gasteiger partial charge in [0.05, 0.1) is 13.1 Å². The van der Waals surface area contributed by atoms with Crippen molar-refractivity contribution in [3.8, 4) is 17.2 Å². The van der Waals surface area contributed by atoms with Crippen molar-refractivity contribution in [3.63, 3.8) is 0 Å². The van der Waals surface area contributed by atoms with Crippen LogP contribution in [0, 0.1) is 0 Å². The van der Waals surface area contributed by atoms with Gasteiger partial charge in [0.25, 0.3) is 0 Å². The van der Waals surface area contributed by atoms with Crippen LogP contribution in [0.5, 0.6) is 17.2 Å². The van der Waals surface area contributed by atoms with Gasteiger partial charge in [-0.2, -0.15) is 11.8 Å². The van der Waals surface area contributed by atoms with Crippen LogP contribution in [-0.4, -0.2) is 51.0 Å². The van der Waals surface area contributed by atoms with E-state index in [1.807, 2.05) is 18.2 Å². The SMILES string of the molecule is CCNC(=NCCSC)NCCOc1ccc2c(c1)OCO2. The average Bonchev–Trinajstić information content (AvgIpc) is 2.99. The topological polar surface area (TPSA) is 64.1 Å². The first-order chi connectivity index (χ1) is 10.8. The molecule has 0 fully saturated rings. The van der Waals surface area contributed by atoms with Gasteiger partial charge in [0, 0.05) is 18.4 Å². The van der Waals surface area contributed by atoms with Gasteiger partial charge >= 0.3 is 0 Å². The van der Waals surface area contributed by atoms with Gasteiger partial charge in [0.15, 0.2) is 17.5 Å². The molecular weight excluding hydrogens is 302 g/mol. The molecule has 0 saturated carbocycles. The van der Waals surface area contributed by atoms with Crippen LogP contribution in [0.25, 0.3) is 0 Å². The van der Waals surface area contributed by atoms with Gasteiger partial charge in [-0.15, -0.1) is 0 Å². The zero-order valence-corrected chi connectivity index (χ0v) is 13.9. The van der Waals surface area contributed by atoms with E-state index in [-0.39, 0.29) is 6.79 Å². The molecule has 0 spiro atoms. The molecule has 0 unspecified atom stereocenters. The Kier molecular flexibility index (Phi) is 7.02. The number of aliphatic imine (C=N–C) groups is 1. The van der Waals surface area contributed by atoms with Crippen molar-refractivity contribution in [2.75, 3.05) is 45.0 Å². The normalized spacial score (nSPS) is 13.1. The van der Waals surface area contributed by atoms with Crippen LogP contribution in [-0.2, 0) is 0 Å². The molecule has 0 aromatic heterocycles. The first-order valence-corrected chi connectivity index (χ1v) is 8.76. The smallest absolute Gasteiger partial charge is 0.231 e. The second kappa shape index (κ2) is 9.30. The maximum Gasteiger partial charge on any atom is 0.231 e. The minimum absolute atomic E-state index is 0.277. The number of hydrogen-bond donors (Lipinski definition) is 2. The number of nitrogens with one attached hydrogen (secondary N) is 2. The second-order valence-corrected chi connectivity index (χ2v) is 5.53. The number of ether oxygens (including phenoxy) is 3. The van der Waals surface area contributed by atoms with Gasteiger partial charge in [0.2, 0.25) is 6.79 Å². The molecule has 1 heterocycles. The lowest BCUT2D eigenvalue weighted by Crippen LogP contribution is -2.39. The van der Waals surface area contributed by atoms with Crippen LogP contribution in [0.3, 0.4) is 0 Å². The lowest BCUT2D eigenvalue weighted by atomic mass is 10.3. The van der Waals surface area contributed by atoms with Crippen LogP contribution in [0.15, 0.2) is 23.2 Å². The number of guanidine groups is 1. The molecule has 0 radical (unpaired) electrons. The van der Waals surface area contributed by atoms with Gasteiger partial charge in [-0.05, 0) is 25.3 Å². The minimum atomic E-state index is 0.277. The van der Waals surface area contributed by atoms with E-state index in [9.17, 15) is 0 Å². The van der Waals surface area contributed by atoms with Crippen molar-refractivity contribution in [2.45, 2.75) is 6.92 Å². The predicted molar refractivity (Wildman–Crippen MR) is 90.4 cm³/mol. The summed E-state index contributed by atoms with van der Waals surface area (Å²) in [6, 6.07) is 5.59. The van der Waals surface area contributed by atoms with Gasteiger partial charge in [-0.3, -0.25) is 4.99 Å². The summed E-state index contributed by atoms with van der Waals surface area (Å²) in [6.07, 6.45) is 2.08. The minimum Gasteiger partial charge on any atom is -0.492 e. The fourth-order valence-corrected chi connectivity index (χ4v) is 2.17. The van der Waals surface area contributed by atoms with Crippen molar-refractivity contribution in [1.29, 1.82) is 0 Å². The number of rotatable bonds is 8. The third-order valence-electron chi connectivity index (χ3n) is 2.92. The summed E-state index contributed by atoms with van der Waals surface area (Å²) in [6.45, 7) is 5.20. The molecule has 0 atom stereocenters. The summed E-state index contributed by atoms with van der Waals surface area (Å²) >= 11 is 1.79. The van der Waals surface area contributed by atoms with E-state index < -0.39 is 0 Å². The Labute approximate surface area is 135 Å². The number of hydrogen-bond acceptors (Lipinski definition) is 5. The predicted octanol–water partition coefficient (Wildman–Crippen LogP) is 1.71. The fraction of sp³-hybridized carbons (Fsp3) is 0.533. The molecule has 122 valence electrons. The summed E-state index contributed by atoms with van der Waals surface area (Å²) in [4.78, 5) is 4.48. The maximum absolute atomic E-state index is 5.70. The number of nitrogens with zero attached hydrogens (tertiary/aromatic N) is 1. The second-order valence-electron chi connectivity index (χ2n) is 4.54. The molecule has 1 aromatic carbocycles. The Morgan fingerprint density at radius 2 is 2.18 bits per heavy atom. The molecule has 1 aliphatic rings. The Bertz CT molecular complexity index is 497. The molecular formula is C15H23N3O3S. The summed E-state index contributed by atoms with van der Waals surface area (Å²) in [5.74, 6) is 4.11. The largest absolute Gasteiger partial charge is 0.492 e. The van der Waals surface area contributed by atoms with Crippen molar-refractivity contribution in [2.24, 2.45) is 4.99 Å². The van der Waals surface area contributed by atoms with Crippen molar-refractivity contribution >= 4 is 17.7 Å². The summed E-state index contributed by atoms with van der Waals surface area (Å²) < 4.78 is 16.3. The molecule has 0 saturated heterocycles. The monoisotopic (exact) mass is 325 g/mol. The van der Waals surface area contributed by atoms with Gasteiger partial charge in [-0.25, -0.2) is 0 Å². The number of benzene rings is 1. The van der Waals surface area contributed by atoms with Crippen molar-refractivity contribution in [3.05, 3.63) is 18.2 Å². The fourth-order valence-electron chi connectivity index (χ4n) is 1.90. The van der Waals surface area contributed by atoms with E-state index in [0.717, 1.165) is 42.1 Å². The standard InChI is InChI=1S/C15H23N3O3S/c1-3-16-15(18-7-9-22-2)17-6-8-19-12-4-5-13-14(10-12)21-11-20-13/h4-5,10H,3,6-9,11H2,1-2H3,(H2,16,17,18). The first-order valence-electron chi connectivity index (χ1n) is 7.37. The van der Waals surface area contributed by atoms with E-state index in [2.05, 4.69) is 28.8 Å². The summed E-state index contributed by atoms with van der Waals surface area (Å²) in [7, 11) is 0. The zero-order chi connectivity index (χ0) is 15.6. The van der Waals surface area contributed by atoms with Crippen LogP contribution in [0.1, 0.15) is 6.92 Å². The lowest BCUT2D eigenvalue weighted by Gasteiger charge is -2.12. The summed E-state index contributed by atoms with van der Waals surface area (Å²) in [5, 5.41) is 6.46. The highest BCUT2D eigenvalue weighted by Gasteiger charge is 2.13. The first kappa shape index (κ1) is 16.6.